The lowest BCUT2D eigenvalue weighted by atomic mass is 9.57. The third kappa shape index (κ3) is 3.03. The summed E-state index contributed by atoms with van der Waals surface area (Å²) in [5, 5.41) is 44.6. The van der Waals surface area contributed by atoms with Gasteiger partial charge < -0.3 is 26.2 Å². The highest BCUT2D eigenvalue weighted by Gasteiger charge is 2.64. The monoisotopic (exact) mass is 470 g/mol. The first kappa shape index (κ1) is 24.0. The van der Waals surface area contributed by atoms with Crippen molar-refractivity contribution in [1.82, 2.24) is 4.90 Å². The topological polar surface area (TPSA) is 161 Å². The zero-order chi connectivity index (χ0) is 25.5. The Morgan fingerprint density at radius 3 is 2.29 bits per heavy atom. The van der Waals surface area contributed by atoms with Crippen molar-refractivity contribution in [3.05, 3.63) is 45.7 Å². The lowest BCUT2D eigenvalue weighted by molar-refractivity contribution is -0.153. The van der Waals surface area contributed by atoms with Gasteiger partial charge in [0.25, 0.3) is 5.91 Å². The van der Waals surface area contributed by atoms with Crippen LogP contribution in [0.15, 0.2) is 29.0 Å². The molecule has 34 heavy (non-hydrogen) atoms. The van der Waals surface area contributed by atoms with Crippen molar-refractivity contribution < 1.29 is 34.8 Å². The van der Waals surface area contributed by atoms with Crippen molar-refractivity contribution in [3.8, 4) is 5.75 Å². The summed E-state index contributed by atoms with van der Waals surface area (Å²) in [4.78, 5) is 40.3. The van der Waals surface area contributed by atoms with E-state index < -0.39 is 63.5 Å². The van der Waals surface area contributed by atoms with Gasteiger partial charge in [-0.2, -0.15) is 0 Å². The number of phenolic OH excluding ortho intramolecular Hbond substituents is 1. The summed E-state index contributed by atoms with van der Waals surface area (Å²) in [6.07, 6.45) is 0.361. The van der Waals surface area contributed by atoms with Gasteiger partial charge in [-0.05, 0) is 43.8 Å². The molecule has 1 saturated carbocycles. The van der Waals surface area contributed by atoms with E-state index in [-0.39, 0.29) is 29.7 Å². The van der Waals surface area contributed by atoms with Crippen LogP contribution in [0.1, 0.15) is 43.9 Å². The molecule has 0 bridgehead atoms. The molecule has 0 aliphatic heterocycles. The van der Waals surface area contributed by atoms with Crippen molar-refractivity contribution in [1.29, 1.82) is 0 Å². The average Bonchev–Trinajstić information content (AvgIpc) is 2.69. The molecule has 9 nitrogen and oxygen atoms in total. The van der Waals surface area contributed by atoms with Crippen molar-refractivity contribution in [2.24, 2.45) is 17.6 Å². The van der Waals surface area contributed by atoms with Gasteiger partial charge in [0.15, 0.2) is 11.4 Å². The fourth-order valence-electron chi connectivity index (χ4n) is 5.82. The molecular weight excluding hydrogens is 440 g/mol. The Balaban J connectivity index is 1.97. The number of Topliss-reactive ketones (excluding diaryl/α,β-unsaturated/α-hetero) is 2. The summed E-state index contributed by atoms with van der Waals surface area (Å²) in [6.45, 7) is 5.70. The Bertz CT molecular complexity index is 1200. The van der Waals surface area contributed by atoms with E-state index in [0.29, 0.717) is 11.1 Å². The number of fused-ring (bicyclic) bond motifs is 3. The Morgan fingerprint density at radius 1 is 1.15 bits per heavy atom. The number of aliphatic hydroxyl groups excluding tert-OH is 2. The molecule has 4 atom stereocenters. The SMILES string of the molecule is CN(C)[C@@H]1C(=O)C(C(N)=O)=C(O)[C@@]2(O)C(=O)C3=C(O)c4c(ccc(C(C)(C)C)c4O)C[C@H]3C[C@@H]12. The van der Waals surface area contributed by atoms with Crippen molar-refractivity contribution in [2.45, 2.75) is 50.7 Å². The fourth-order valence-corrected chi connectivity index (χ4v) is 5.82. The zero-order valence-electron chi connectivity index (χ0n) is 19.8. The molecule has 3 aliphatic rings. The lowest BCUT2D eigenvalue weighted by Crippen LogP contribution is -2.65. The number of amides is 1. The molecule has 1 amide bonds. The van der Waals surface area contributed by atoms with Crippen LogP contribution in [0.25, 0.3) is 5.76 Å². The number of carbonyl (C=O) groups is 3. The van der Waals surface area contributed by atoms with Crippen LogP contribution in [0.3, 0.4) is 0 Å². The van der Waals surface area contributed by atoms with E-state index in [2.05, 4.69) is 0 Å². The molecule has 0 radical (unpaired) electrons. The standard InChI is InChI=1S/C25H30N2O7/c1-24(2,3)12-7-6-10-8-11-9-13-17(27(4)5)20(30)16(23(26)33)22(32)25(13,34)21(31)15(11)19(29)14(10)18(12)28/h6-7,11,13,17,28-29,32,34H,8-9H2,1-5H3,(H2,26,33)/t11-,13-,17-,25-/m0/s1. The van der Waals surface area contributed by atoms with E-state index in [1.165, 1.54) is 4.90 Å². The van der Waals surface area contributed by atoms with E-state index in [1.807, 2.05) is 20.8 Å². The number of likely N-dealkylation sites (N-methyl/N-ethyl adjacent to an activating group) is 1. The molecule has 1 fully saturated rings. The second-order valence-corrected chi connectivity index (χ2v) is 10.7. The molecule has 6 N–H and O–H groups in total. The predicted octanol–water partition coefficient (Wildman–Crippen LogP) is 1.26. The minimum absolute atomic E-state index is 0.0769. The highest BCUT2D eigenvalue weighted by molar-refractivity contribution is 6.24. The molecule has 1 aromatic carbocycles. The van der Waals surface area contributed by atoms with Crippen LogP contribution < -0.4 is 5.73 Å². The van der Waals surface area contributed by atoms with Crippen LogP contribution in [0, 0.1) is 11.8 Å². The van der Waals surface area contributed by atoms with Gasteiger partial charge in [0.05, 0.1) is 11.6 Å². The smallest absolute Gasteiger partial charge is 0.255 e. The van der Waals surface area contributed by atoms with Crippen LogP contribution in [-0.2, 0) is 26.2 Å². The summed E-state index contributed by atoms with van der Waals surface area (Å²) in [5.74, 6) is -6.38. The average molecular weight is 471 g/mol. The minimum atomic E-state index is -2.62. The van der Waals surface area contributed by atoms with E-state index in [9.17, 15) is 34.8 Å². The predicted molar refractivity (Wildman–Crippen MR) is 123 cm³/mol. The van der Waals surface area contributed by atoms with Gasteiger partial charge in [-0.1, -0.05) is 32.9 Å². The number of ketones is 2. The Hall–Kier alpha value is -3.17. The summed E-state index contributed by atoms with van der Waals surface area (Å²) in [7, 11) is 3.14. The Morgan fingerprint density at radius 2 is 1.76 bits per heavy atom. The number of benzene rings is 1. The number of phenols is 1. The Labute approximate surface area is 197 Å². The summed E-state index contributed by atoms with van der Waals surface area (Å²) < 4.78 is 0. The third-order valence-corrected chi connectivity index (χ3v) is 7.40. The van der Waals surface area contributed by atoms with E-state index in [0.717, 1.165) is 0 Å². The number of rotatable bonds is 2. The van der Waals surface area contributed by atoms with Gasteiger partial charge in [0.2, 0.25) is 5.78 Å². The van der Waals surface area contributed by atoms with E-state index in [1.54, 1.807) is 26.2 Å². The maximum absolute atomic E-state index is 13.8. The van der Waals surface area contributed by atoms with Gasteiger partial charge >= 0.3 is 0 Å². The first-order valence-corrected chi connectivity index (χ1v) is 11.1. The maximum Gasteiger partial charge on any atom is 0.255 e. The Kier molecular flexibility index (Phi) is 5.23. The van der Waals surface area contributed by atoms with Crippen LogP contribution in [0.5, 0.6) is 5.75 Å². The summed E-state index contributed by atoms with van der Waals surface area (Å²) in [5.41, 5.74) is 2.62. The molecule has 3 aliphatic carbocycles. The molecule has 182 valence electrons. The minimum Gasteiger partial charge on any atom is -0.508 e. The normalized spacial score (nSPS) is 29.2. The highest BCUT2D eigenvalue weighted by Crippen LogP contribution is 2.53. The van der Waals surface area contributed by atoms with E-state index in [4.69, 9.17) is 5.73 Å². The molecule has 4 rings (SSSR count). The van der Waals surface area contributed by atoms with Crippen LogP contribution in [0.4, 0.5) is 0 Å². The number of aliphatic hydroxyl groups is 3. The van der Waals surface area contributed by atoms with E-state index >= 15 is 0 Å². The molecular formula is C25H30N2O7. The fraction of sp³-hybridized carbons (Fsp3) is 0.480. The van der Waals surface area contributed by atoms with Crippen molar-refractivity contribution in [3.63, 3.8) is 0 Å². The summed E-state index contributed by atoms with van der Waals surface area (Å²) in [6, 6.07) is 2.49. The number of nitrogens with two attached hydrogens (primary N) is 1. The number of hydrogen-bond donors (Lipinski definition) is 5. The van der Waals surface area contributed by atoms with Gasteiger partial charge in [0.1, 0.15) is 22.8 Å². The quantitative estimate of drug-likeness (QED) is 0.404. The number of nitrogens with zero attached hydrogens (tertiary/aromatic N) is 1. The van der Waals surface area contributed by atoms with Gasteiger partial charge in [-0.15, -0.1) is 0 Å². The summed E-state index contributed by atoms with van der Waals surface area (Å²) >= 11 is 0. The van der Waals surface area contributed by atoms with Crippen molar-refractivity contribution >= 4 is 23.2 Å². The second-order valence-electron chi connectivity index (χ2n) is 10.7. The second kappa shape index (κ2) is 7.41. The largest absolute Gasteiger partial charge is 0.508 e. The number of aromatic hydroxyl groups is 1. The molecule has 1 aromatic rings. The van der Waals surface area contributed by atoms with Crippen molar-refractivity contribution in [2.75, 3.05) is 14.1 Å². The first-order chi connectivity index (χ1) is 15.6. The van der Waals surface area contributed by atoms with Gasteiger partial charge in [-0.3, -0.25) is 19.3 Å². The number of hydrogen-bond acceptors (Lipinski definition) is 8. The highest BCUT2D eigenvalue weighted by atomic mass is 16.3. The zero-order valence-corrected chi connectivity index (χ0v) is 19.8. The van der Waals surface area contributed by atoms with Crippen LogP contribution in [0.2, 0.25) is 0 Å². The first-order valence-electron chi connectivity index (χ1n) is 11.1. The molecule has 0 aromatic heterocycles. The van der Waals surface area contributed by atoms with Crippen LogP contribution in [-0.4, -0.2) is 68.5 Å². The molecule has 0 unspecified atom stereocenters. The molecule has 0 heterocycles. The maximum atomic E-state index is 13.8. The molecule has 0 saturated heterocycles. The molecule has 0 spiro atoms. The number of carbonyl (C=O) groups excluding carboxylic acids is 3. The number of primary amides is 1. The van der Waals surface area contributed by atoms with Gasteiger partial charge in [0, 0.05) is 17.1 Å². The molecule has 9 heteroatoms. The third-order valence-electron chi connectivity index (χ3n) is 7.40. The van der Waals surface area contributed by atoms with Gasteiger partial charge in [-0.25, -0.2) is 0 Å². The lowest BCUT2D eigenvalue weighted by Gasteiger charge is -2.50. The van der Waals surface area contributed by atoms with Crippen LogP contribution >= 0.6 is 0 Å².